The first-order valence-electron chi connectivity index (χ1n) is 8.63. The van der Waals surface area contributed by atoms with E-state index in [0.29, 0.717) is 16.5 Å². The van der Waals surface area contributed by atoms with Crippen LogP contribution in [0.5, 0.6) is 11.5 Å². The molecule has 0 aromatic heterocycles. The number of benzene rings is 2. The van der Waals surface area contributed by atoms with Gasteiger partial charge in [0.05, 0.1) is 35.6 Å². The zero-order chi connectivity index (χ0) is 21.6. The molecule has 10 heteroatoms. The standard InChI is InChI=1S/C19H22Cl2N2O5S/c1-13(19(24)22-10-11-28-18-7-5-4-6-15(18)20)23(29(3,25)26)14-8-9-17(27-2)16(21)12-14/h4-9,12-13H,10-11H2,1-3H3,(H,22,24)/t13-/m0/s1. The number of ether oxygens (including phenoxy) is 2. The van der Waals surface area contributed by atoms with Crippen molar-refractivity contribution in [3.05, 3.63) is 52.5 Å². The SMILES string of the molecule is COc1ccc(N([C@@H](C)C(=O)NCCOc2ccccc2Cl)S(C)(=O)=O)cc1Cl. The molecule has 1 N–H and O–H groups in total. The lowest BCUT2D eigenvalue weighted by atomic mass is 10.2. The Morgan fingerprint density at radius 1 is 1.14 bits per heavy atom. The van der Waals surface area contributed by atoms with Crippen molar-refractivity contribution in [2.24, 2.45) is 0 Å². The number of hydrogen-bond acceptors (Lipinski definition) is 5. The minimum atomic E-state index is -3.75. The van der Waals surface area contributed by atoms with Gasteiger partial charge in [0.25, 0.3) is 0 Å². The number of rotatable bonds is 9. The number of amides is 1. The van der Waals surface area contributed by atoms with Crippen LogP contribution in [-0.4, -0.2) is 46.9 Å². The molecule has 0 aliphatic rings. The highest BCUT2D eigenvalue weighted by atomic mass is 35.5. The second-order valence-corrected chi connectivity index (χ2v) is 8.80. The molecule has 0 saturated heterocycles. The summed E-state index contributed by atoms with van der Waals surface area (Å²) in [5, 5.41) is 3.36. The van der Waals surface area contributed by atoms with Crippen molar-refractivity contribution < 1.29 is 22.7 Å². The van der Waals surface area contributed by atoms with E-state index in [4.69, 9.17) is 32.7 Å². The van der Waals surface area contributed by atoms with E-state index >= 15 is 0 Å². The van der Waals surface area contributed by atoms with E-state index in [1.807, 2.05) is 0 Å². The first-order chi connectivity index (χ1) is 13.6. The van der Waals surface area contributed by atoms with Crippen LogP contribution in [0.25, 0.3) is 0 Å². The monoisotopic (exact) mass is 460 g/mol. The van der Waals surface area contributed by atoms with Crippen LogP contribution < -0.4 is 19.1 Å². The summed E-state index contributed by atoms with van der Waals surface area (Å²) in [5.41, 5.74) is 0.258. The van der Waals surface area contributed by atoms with E-state index in [0.717, 1.165) is 10.6 Å². The van der Waals surface area contributed by atoms with Gasteiger partial charge >= 0.3 is 0 Å². The van der Waals surface area contributed by atoms with Gasteiger partial charge in [0.2, 0.25) is 15.9 Å². The van der Waals surface area contributed by atoms with Crippen molar-refractivity contribution in [2.75, 3.05) is 30.8 Å². The third-order valence-corrected chi connectivity index (χ3v) is 5.82. The second kappa shape index (κ2) is 10.0. The Labute approximate surface area is 180 Å². The van der Waals surface area contributed by atoms with E-state index in [1.165, 1.54) is 32.2 Å². The maximum Gasteiger partial charge on any atom is 0.243 e. The number of nitrogens with zero attached hydrogens (tertiary/aromatic N) is 1. The van der Waals surface area contributed by atoms with Gasteiger partial charge in [-0.15, -0.1) is 0 Å². The van der Waals surface area contributed by atoms with Crippen LogP contribution in [0.1, 0.15) is 6.92 Å². The fraction of sp³-hybridized carbons (Fsp3) is 0.316. The lowest BCUT2D eigenvalue weighted by Crippen LogP contribution is -2.48. The lowest BCUT2D eigenvalue weighted by molar-refractivity contribution is -0.121. The van der Waals surface area contributed by atoms with Crippen molar-refractivity contribution in [3.8, 4) is 11.5 Å². The topological polar surface area (TPSA) is 84.9 Å². The minimum Gasteiger partial charge on any atom is -0.495 e. The van der Waals surface area contributed by atoms with E-state index in [1.54, 1.807) is 24.3 Å². The molecule has 2 rings (SSSR count). The average Bonchev–Trinajstić information content (AvgIpc) is 2.65. The summed E-state index contributed by atoms with van der Waals surface area (Å²) < 4.78 is 36.3. The largest absolute Gasteiger partial charge is 0.495 e. The summed E-state index contributed by atoms with van der Waals surface area (Å²) in [6.45, 7) is 1.84. The highest BCUT2D eigenvalue weighted by molar-refractivity contribution is 7.92. The molecule has 0 aliphatic carbocycles. The maximum absolute atomic E-state index is 12.5. The first kappa shape index (κ1) is 23.1. The Hall–Kier alpha value is -2.16. The fourth-order valence-electron chi connectivity index (χ4n) is 2.65. The molecule has 1 amide bonds. The number of carbonyl (C=O) groups is 1. The van der Waals surface area contributed by atoms with E-state index < -0.39 is 22.0 Å². The normalized spacial score (nSPS) is 12.2. The fourth-order valence-corrected chi connectivity index (χ4v) is 4.25. The number of hydrogen-bond donors (Lipinski definition) is 1. The Morgan fingerprint density at radius 3 is 2.41 bits per heavy atom. The molecule has 29 heavy (non-hydrogen) atoms. The molecule has 0 bridgehead atoms. The Kier molecular flexibility index (Phi) is 8.01. The van der Waals surface area contributed by atoms with Crippen molar-refractivity contribution in [3.63, 3.8) is 0 Å². The summed E-state index contributed by atoms with van der Waals surface area (Å²) in [7, 11) is -2.30. The van der Waals surface area contributed by atoms with Gasteiger partial charge in [0, 0.05) is 0 Å². The number of halogens is 2. The number of anilines is 1. The van der Waals surface area contributed by atoms with Crippen molar-refractivity contribution in [2.45, 2.75) is 13.0 Å². The van der Waals surface area contributed by atoms with Gasteiger partial charge in [-0.1, -0.05) is 35.3 Å². The van der Waals surface area contributed by atoms with Crippen LogP contribution in [0.3, 0.4) is 0 Å². The van der Waals surface area contributed by atoms with Crippen molar-refractivity contribution in [1.29, 1.82) is 0 Å². The maximum atomic E-state index is 12.5. The summed E-state index contributed by atoms with van der Waals surface area (Å²) in [5.74, 6) is 0.421. The molecule has 0 unspecified atom stereocenters. The molecule has 0 heterocycles. The molecule has 1 atom stereocenters. The number of methoxy groups -OCH3 is 1. The zero-order valence-electron chi connectivity index (χ0n) is 16.2. The van der Waals surface area contributed by atoms with Crippen molar-refractivity contribution >= 4 is 44.8 Å². The van der Waals surface area contributed by atoms with E-state index in [2.05, 4.69) is 5.32 Å². The summed E-state index contributed by atoms with van der Waals surface area (Å²) >= 11 is 12.1. The van der Waals surface area contributed by atoms with Crippen molar-refractivity contribution in [1.82, 2.24) is 5.32 Å². The predicted octanol–water partition coefficient (Wildman–Crippen LogP) is 3.35. The Bertz CT molecular complexity index is 969. The Balaban J connectivity index is 2.05. The highest BCUT2D eigenvalue weighted by Crippen LogP contribution is 2.31. The van der Waals surface area contributed by atoms with Crippen LogP contribution in [0, 0.1) is 0 Å². The smallest absolute Gasteiger partial charge is 0.243 e. The highest BCUT2D eigenvalue weighted by Gasteiger charge is 2.29. The molecule has 7 nitrogen and oxygen atoms in total. The summed E-state index contributed by atoms with van der Waals surface area (Å²) in [4.78, 5) is 12.5. The third-order valence-electron chi connectivity index (χ3n) is 3.97. The lowest BCUT2D eigenvalue weighted by Gasteiger charge is -2.28. The van der Waals surface area contributed by atoms with Gasteiger partial charge in [-0.25, -0.2) is 8.42 Å². The van der Waals surface area contributed by atoms with Crippen LogP contribution in [0.2, 0.25) is 10.0 Å². The average molecular weight is 461 g/mol. The van der Waals surface area contributed by atoms with Gasteiger partial charge in [0.1, 0.15) is 24.1 Å². The molecule has 0 radical (unpaired) electrons. The molecular weight excluding hydrogens is 439 g/mol. The van der Waals surface area contributed by atoms with Gasteiger partial charge < -0.3 is 14.8 Å². The number of sulfonamides is 1. The van der Waals surface area contributed by atoms with Crippen LogP contribution in [0.15, 0.2) is 42.5 Å². The van der Waals surface area contributed by atoms with Crippen LogP contribution in [0.4, 0.5) is 5.69 Å². The number of carbonyl (C=O) groups excluding carboxylic acids is 1. The van der Waals surface area contributed by atoms with Gasteiger partial charge in [-0.2, -0.15) is 0 Å². The van der Waals surface area contributed by atoms with Gasteiger partial charge in [0.15, 0.2) is 0 Å². The zero-order valence-corrected chi connectivity index (χ0v) is 18.5. The van der Waals surface area contributed by atoms with Gasteiger partial charge in [-0.3, -0.25) is 9.10 Å². The second-order valence-electron chi connectivity index (χ2n) is 6.12. The first-order valence-corrected chi connectivity index (χ1v) is 11.2. The van der Waals surface area contributed by atoms with Crippen LogP contribution in [-0.2, 0) is 14.8 Å². The quantitative estimate of drug-likeness (QED) is 0.579. The molecule has 0 fully saturated rings. The number of para-hydroxylation sites is 1. The molecule has 0 saturated carbocycles. The van der Waals surface area contributed by atoms with Gasteiger partial charge in [-0.05, 0) is 37.3 Å². The van der Waals surface area contributed by atoms with E-state index in [9.17, 15) is 13.2 Å². The molecule has 0 spiro atoms. The molecule has 2 aromatic carbocycles. The molecular formula is C19H22Cl2N2O5S. The third kappa shape index (κ3) is 6.16. The van der Waals surface area contributed by atoms with Crippen LogP contribution >= 0.6 is 23.2 Å². The van der Waals surface area contributed by atoms with E-state index in [-0.39, 0.29) is 23.9 Å². The summed E-state index contributed by atoms with van der Waals surface area (Å²) in [6, 6.07) is 10.5. The minimum absolute atomic E-state index is 0.176. The predicted molar refractivity (Wildman–Crippen MR) is 115 cm³/mol. The Morgan fingerprint density at radius 2 is 1.83 bits per heavy atom. The number of nitrogens with one attached hydrogen (secondary N) is 1. The molecule has 158 valence electrons. The molecule has 0 aliphatic heterocycles. The summed E-state index contributed by atoms with van der Waals surface area (Å²) in [6.07, 6.45) is 1.02. The molecule has 2 aromatic rings.